The molecule has 114 valence electrons. The maximum Gasteiger partial charge on any atom is 0.323 e. The molecule has 0 aromatic heterocycles. The summed E-state index contributed by atoms with van der Waals surface area (Å²) < 4.78 is 5.34. The number of carbonyl (C=O) groups is 1. The average Bonchev–Trinajstić information content (AvgIpc) is 3.05. The van der Waals surface area contributed by atoms with E-state index in [0.717, 1.165) is 25.8 Å². The average molecular weight is 288 g/mol. The fourth-order valence-corrected chi connectivity index (χ4v) is 3.54. The first-order chi connectivity index (χ1) is 10.1. The highest BCUT2D eigenvalue weighted by atomic mass is 16.6. The van der Waals surface area contributed by atoms with Crippen molar-refractivity contribution in [2.45, 2.75) is 44.4 Å². The summed E-state index contributed by atoms with van der Waals surface area (Å²) in [5.41, 5.74) is 2.52. The fourth-order valence-electron chi connectivity index (χ4n) is 3.54. The van der Waals surface area contributed by atoms with E-state index in [9.17, 15) is 4.79 Å². The second-order valence-corrected chi connectivity index (χ2v) is 6.38. The van der Waals surface area contributed by atoms with E-state index in [1.807, 2.05) is 6.92 Å². The highest BCUT2D eigenvalue weighted by Gasteiger charge is 2.41. The predicted molar refractivity (Wildman–Crippen MR) is 83.4 cm³/mol. The summed E-state index contributed by atoms with van der Waals surface area (Å²) in [4.78, 5) is 16.5. The van der Waals surface area contributed by atoms with Crippen LogP contribution >= 0.6 is 0 Å². The molecule has 21 heavy (non-hydrogen) atoms. The summed E-state index contributed by atoms with van der Waals surface area (Å²) >= 11 is 0. The highest BCUT2D eigenvalue weighted by Crippen LogP contribution is 2.37. The van der Waals surface area contributed by atoms with Gasteiger partial charge in [-0.05, 0) is 44.0 Å². The van der Waals surface area contributed by atoms with Crippen molar-refractivity contribution in [2.24, 2.45) is 0 Å². The Morgan fingerprint density at radius 2 is 2.10 bits per heavy atom. The zero-order valence-electron chi connectivity index (χ0n) is 13.1. The van der Waals surface area contributed by atoms with Crippen LogP contribution in [0.4, 0.5) is 5.69 Å². The number of ether oxygens (including phenoxy) is 1. The van der Waals surface area contributed by atoms with E-state index < -0.39 is 0 Å². The quantitative estimate of drug-likeness (QED) is 0.800. The first-order valence-corrected chi connectivity index (χ1v) is 7.80. The molecule has 4 nitrogen and oxygen atoms in total. The Bertz CT molecular complexity index is 529. The Labute approximate surface area is 126 Å². The van der Waals surface area contributed by atoms with Gasteiger partial charge in [0.25, 0.3) is 0 Å². The lowest BCUT2D eigenvalue weighted by molar-refractivity contribution is -0.145. The van der Waals surface area contributed by atoms with Crippen LogP contribution in [0.15, 0.2) is 24.3 Å². The summed E-state index contributed by atoms with van der Waals surface area (Å²) in [6, 6.07) is 8.93. The molecule has 2 heterocycles. The van der Waals surface area contributed by atoms with Gasteiger partial charge in [-0.3, -0.25) is 9.69 Å². The number of benzene rings is 1. The van der Waals surface area contributed by atoms with Crippen molar-refractivity contribution in [3.8, 4) is 0 Å². The van der Waals surface area contributed by atoms with Crippen LogP contribution in [0.1, 0.15) is 37.8 Å². The molecular weight excluding hydrogens is 264 g/mol. The molecule has 1 aromatic rings. The molecule has 0 spiro atoms. The van der Waals surface area contributed by atoms with Crippen LogP contribution in [0.5, 0.6) is 0 Å². The predicted octanol–water partition coefficient (Wildman–Crippen LogP) is 2.59. The Hall–Kier alpha value is -1.55. The smallest absolute Gasteiger partial charge is 0.323 e. The van der Waals surface area contributed by atoms with Crippen molar-refractivity contribution in [2.75, 3.05) is 25.5 Å². The number of nitrogens with zero attached hydrogens (tertiary/aromatic N) is 2. The van der Waals surface area contributed by atoms with Crippen LogP contribution in [0.3, 0.4) is 0 Å². The van der Waals surface area contributed by atoms with Gasteiger partial charge in [0.15, 0.2) is 0 Å². The molecule has 3 atom stereocenters. The minimum absolute atomic E-state index is 0.0434. The van der Waals surface area contributed by atoms with Crippen molar-refractivity contribution in [3.05, 3.63) is 29.8 Å². The van der Waals surface area contributed by atoms with E-state index in [-0.39, 0.29) is 18.1 Å². The minimum atomic E-state index is -0.0597. The number of rotatable bonds is 3. The van der Waals surface area contributed by atoms with E-state index in [1.165, 1.54) is 11.3 Å². The van der Waals surface area contributed by atoms with E-state index in [1.54, 1.807) is 0 Å². The molecule has 0 saturated carbocycles. The van der Waals surface area contributed by atoms with Crippen molar-refractivity contribution in [3.63, 3.8) is 0 Å². The second kappa shape index (κ2) is 5.68. The second-order valence-electron chi connectivity index (χ2n) is 6.38. The molecule has 0 aliphatic carbocycles. The van der Waals surface area contributed by atoms with Crippen molar-refractivity contribution in [1.29, 1.82) is 0 Å². The number of hydrogen-bond acceptors (Lipinski definition) is 4. The van der Waals surface area contributed by atoms with Gasteiger partial charge in [-0.15, -0.1) is 0 Å². The number of esters is 1. The Kier molecular flexibility index (Phi) is 3.89. The molecule has 2 saturated heterocycles. The molecule has 2 fully saturated rings. The number of hydrogen-bond donors (Lipinski definition) is 0. The fraction of sp³-hybridized carbons (Fsp3) is 0.588. The van der Waals surface area contributed by atoms with Gasteiger partial charge in [0.1, 0.15) is 12.1 Å². The van der Waals surface area contributed by atoms with Crippen LogP contribution in [0.25, 0.3) is 0 Å². The maximum atomic E-state index is 12.1. The van der Waals surface area contributed by atoms with Crippen molar-refractivity contribution < 1.29 is 9.53 Å². The van der Waals surface area contributed by atoms with Gasteiger partial charge in [0, 0.05) is 32.2 Å². The standard InChI is InChI=1S/C17H24N2O2/c1-12-10-16(17(20)21-12)19-9-5-8-15(19)13-6-4-7-14(11-13)18(2)3/h4,6-7,11-12,15-16H,5,8-10H2,1-3H3/t12-,15-,16+/m1/s1. The van der Waals surface area contributed by atoms with Gasteiger partial charge < -0.3 is 9.64 Å². The zero-order valence-corrected chi connectivity index (χ0v) is 13.1. The molecule has 0 bridgehead atoms. The van der Waals surface area contributed by atoms with Gasteiger partial charge in [-0.25, -0.2) is 0 Å². The molecule has 4 heteroatoms. The number of anilines is 1. The SMILES string of the molecule is C[C@@H]1C[C@H](N2CCC[C@@H]2c2cccc(N(C)C)c2)C(=O)O1. The van der Waals surface area contributed by atoms with Crippen LogP contribution in [-0.4, -0.2) is 43.7 Å². The van der Waals surface area contributed by atoms with E-state index in [4.69, 9.17) is 4.74 Å². The van der Waals surface area contributed by atoms with E-state index in [2.05, 4.69) is 48.2 Å². The molecule has 2 aliphatic heterocycles. The van der Waals surface area contributed by atoms with Crippen molar-refractivity contribution in [1.82, 2.24) is 4.90 Å². The molecule has 0 N–H and O–H groups in total. The molecular formula is C17H24N2O2. The monoisotopic (exact) mass is 288 g/mol. The summed E-state index contributed by atoms with van der Waals surface area (Å²) in [6.45, 7) is 2.97. The summed E-state index contributed by atoms with van der Waals surface area (Å²) in [5.74, 6) is -0.0434. The van der Waals surface area contributed by atoms with Crippen molar-refractivity contribution >= 4 is 11.7 Å². The van der Waals surface area contributed by atoms with Crippen LogP contribution in [-0.2, 0) is 9.53 Å². The third-order valence-corrected chi connectivity index (χ3v) is 4.61. The van der Waals surface area contributed by atoms with Crippen LogP contribution in [0.2, 0.25) is 0 Å². The topological polar surface area (TPSA) is 32.8 Å². The lowest BCUT2D eigenvalue weighted by atomic mass is 10.0. The molecule has 1 aromatic carbocycles. The van der Waals surface area contributed by atoms with Crippen LogP contribution < -0.4 is 4.90 Å². The first kappa shape index (κ1) is 14.4. The maximum absolute atomic E-state index is 12.1. The first-order valence-electron chi connectivity index (χ1n) is 7.80. The Balaban J connectivity index is 1.84. The Morgan fingerprint density at radius 1 is 1.29 bits per heavy atom. The summed E-state index contributed by atoms with van der Waals surface area (Å²) in [6.07, 6.45) is 3.14. The lowest BCUT2D eigenvalue weighted by Crippen LogP contribution is -2.38. The van der Waals surface area contributed by atoms with Gasteiger partial charge in [-0.2, -0.15) is 0 Å². The number of carbonyl (C=O) groups excluding carboxylic acids is 1. The third-order valence-electron chi connectivity index (χ3n) is 4.61. The van der Waals surface area contributed by atoms with Gasteiger partial charge in [0.2, 0.25) is 0 Å². The molecule has 2 aliphatic rings. The molecule has 3 rings (SSSR count). The molecule has 0 radical (unpaired) electrons. The van der Waals surface area contributed by atoms with Gasteiger partial charge in [0.05, 0.1) is 0 Å². The third kappa shape index (κ3) is 2.77. The molecule has 0 unspecified atom stereocenters. The van der Waals surface area contributed by atoms with Gasteiger partial charge in [-0.1, -0.05) is 12.1 Å². The van der Waals surface area contributed by atoms with Gasteiger partial charge >= 0.3 is 5.97 Å². The zero-order chi connectivity index (χ0) is 15.0. The number of likely N-dealkylation sites (tertiary alicyclic amines) is 1. The van der Waals surface area contributed by atoms with E-state index >= 15 is 0 Å². The minimum Gasteiger partial charge on any atom is -0.461 e. The van der Waals surface area contributed by atoms with E-state index in [0.29, 0.717) is 6.04 Å². The molecule has 0 amide bonds. The highest BCUT2D eigenvalue weighted by molar-refractivity contribution is 5.78. The Morgan fingerprint density at radius 3 is 2.76 bits per heavy atom. The normalized spacial score (nSPS) is 29.7. The van der Waals surface area contributed by atoms with Crippen LogP contribution in [0, 0.1) is 0 Å². The summed E-state index contributed by atoms with van der Waals surface area (Å²) in [5, 5.41) is 0. The largest absolute Gasteiger partial charge is 0.461 e. The summed E-state index contributed by atoms with van der Waals surface area (Å²) in [7, 11) is 4.11. The number of cyclic esters (lactones) is 1. The lowest BCUT2D eigenvalue weighted by Gasteiger charge is -2.29.